The number of rotatable bonds is 4. The number of anilines is 1. The number of aromatic nitrogens is 2. The molecule has 5 heteroatoms. The molecule has 0 saturated heterocycles. The Hall–Kier alpha value is -2.56. The average molecular weight is 328 g/mol. The third kappa shape index (κ3) is 3.07. The van der Waals surface area contributed by atoms with Crippen LogP contribution in [0, 0.1) is 13.8 Å². The average Bonchev–Trinajstić information content (AvgIpc) is 2.55. The van der Waals surface area contributed by atoms with E-state index >= 15 is 0 Å². The van der Waals surface area contributed by atoms with Gasteiger partial charge in [0, 0.05) is 10.9 Å². The van der Waals surface area contributed by atoms with Crippen LogP contribution >= 0.6 is 0 Å². The summed E-state index contributed by atoms with van der Waals surface area (Å²) in [5.41, 5.74) is 2.16. The smallest absolute Gasteiger partial charge is 0.264 e. The van der Waals surface area contributed by atoms with Gasteiger partial charge in [-0.05, 0) is 44.0 Å². The first kappa shape index (κ1) is 15.0. The van der Waals surface area contributed by atoms with E-state index in [0.29, 0.717) is 23.2 Å². The van der Waals surface area contributed by atoms with E-state index in [1.165, 1.54) is 6.07 Å². The van der Waals surface area contributed by atoms with Gasteiger partial charge in [0.25, 0.3) is 6.43 Å². The van der Waals surface area contributed by atoms with Gasteiger partial charge < -0.3 is 5.32 Å². The second kappa shape index (κ2) is 6.51. The normalized spacial score (nSPS) is 13.2. The zero-order valence-corrected chi connectivity index (χ0v) is 13.8. The summed E-state index contributed by atoms with van der Waals surface area (Å²) in [6, 6.07) is 10.2. The number of halogens is 2. The number of benzene rings is 2. The number of fused-ring (bicyclic) bond motifs is 1. The first-order valence-electron chi connectivity index (χ1n) is 8.26. The molecule has 2 aromatic carbocycles. The van der Waals surface area contributed by atoms with Crippen LogP contribution in [-0.2, 0) is 0 Å². The van der Waals surface area contributed by atoms with Crippen LogP contribution in [0.15, 0.2) is 42.4 Å². The molecule has 0 amide bonds. The number of hydrogen-bond donors (Lipinski definition) is 1. The van der Waals surface area contributed by atoms with E-state index < -0.39 is 6.43 Å². The molecule has 0 bridgehead atoms. The maximum absolute atomic E-state index is 13.1. The van der Waals surface area contributed by atoms with Gasteiger partial charge in [-0.25, -0.2) is 18.7 Å². The molecular weight excluding hydrogens is 308 g/mol. The molecule has 1 aromatic heterocycles. The molecule has 1 unspecified atom stereocenters. The summed E-state index contributed by atoms with van der Waals surface area (Å²) in [4.78, 5) is 8.82. The van der Waals surface area contributed by atoms with Crippen molar-refractivity contribution in [2.45, 2.75) is 33.2 Å². The third-order valence-electron chi connectivity index (χ3n) is 4.12. The predicted molar refractivity (Wildman–Crippen MR) is 92.4 cm³/mol. The summed E-state index contributed by atoms with van der Waals surface area (Å²) in [6.07, 6.45) is -2.50. The molecule has 0 aliphatic rings. The summed E-state index contributed by atoms with van der Waals surface area (Å²) in [7, 11) is 0. The lowest BCUT2D eigenvalue weighted by Gasteiger charge is -2.20. The minimum atomic E-state index is -2.50. The zero-order chi connectivity index (χ0) is 18.1. The highest BCUT2D eigenvalue weighted by Crippen LogP contribution is 2.30. The number of alkyl halides is 2. The number of aryl methyl sites for hydroxylation is 1. The van der Waals surface area contributed by atoms with Crippen molar-refractivity contribution in [3.63, 3.8) is 0 Å². The molecule has 0 aliphatic carbocycles. The minimum absolute atomic E-state index is 0.0447. The SMILES string of the molecule is [2H]c1ccc2nc(C)nc(NC(C)c3cccc(C(F)F)c3C)c2c1. The molecule has 24 heavy (non-hydrogen) atoms. The molecule has 3 aromatic rings. The predicted octanol–water partition coefficient (Wildman–Crippen LogP) is 5.36. The molecule has 0 aliphatic heterocycles. The van der Waals surface area contributed by atoms with Crippen LogP contribution in [0.4, 0.5) is 14.6 Å². The lowest BCUT2D eigenvalue weighted by Crippen LogP contribution is -2.11. The van der Waals surface area contributed by atoms with Crippen molar-refractivity contribution >= 4 is 16.7 Å². The monoisotopic (exact) mass is 328 g/mol. The first-order chi connectivity index (χ1) is 11.9. The number of para-hydroxylation sites is 1. The number of hydrogen-bond acceptors (Lipinski definition) is 3. The third-order valence-corrected chi connectivity index (χ3v) is 4.12. The van der Waals surface area contributed by atoms with E-state index in [4.69, 9.17) is 1.37 Å². The van der Waals surface area contributed by atoms with Gasteiger partial charge >= 0.3 is 0 Å². The molecule has 124 valence electrons. The molecule has 3 nitrogen and oxygen atoms in total. The van der Waals surface area contributed by atoms with Crippen molar-refractivity contribution in [1.29, 1.82) is 0 Å². The van der Waals surface area contributed by atoms with Gasteiger partial charge in [0.2, 0.25) is 0 Å². The van der Waals surface area contributed by atoms with Crippen LogP contribution in [0.3, 0.4) is 0 Å². The highest BCUT2D eigenvalue weighted by atomic mass is 19.3. The quantitative estimate of drug-likeness (QED) is 0.701. The van der Waals surface area contributed by atoms with Gasteiger partial charge in [0.15, 0.2) is 0 Å². The standard InChI is InChI=1S/C19H19F2N3/c1-11-14(8-6-9-15(11)18(20)21)12(2)22-19-16-7-4-5-10-17(16)23-13(3)24-19/h4-10,12,18H,1-3H3,(H,22,23,24)/i4D. The van der Waals surface area contributed by atoms with Crippen LogP contribution in [-0.4, -0.2) is 9.97 Å². The highest BCUT2D eigenvalue weighted by Gasteiger charge is 2.17. The van der Waals surface area contributed by atoms with Gasteiger partial charge in [-0.3, -0.25) is 0 Å². The fourth-order valence-corrected chi connectivity index (χ4v) is 2.90. The minimum Gasteiger partial charge on any atom is -0.363 e. The fraction of sp³-hybridized carbons (Fsp3) is 0.263. The largest absolute Gasteiger partial charge is 0.363 e. The molecule has 0 saturated carbocycles. The van der Waals surface area contributed by atoms with Crippen molar-refractivity contribution < 1.29 is 10.2 Å². The van der Waals surface area contributed by atoms with Gasteiger partial charge in [-0.15, -0.1) is 0 Å². The van der Waals surface area contributed by atoms with Crippen molar-refractivity contribution in [3.05, 3.63) is 65.0 Å². The van der Waals surface area contributed by atoms with Crippen LogP contribution in [0.5, 0.6) is 0 Å². The van der Waals surface area contributed by atoms with Crippen LogP contribution < -0.4 is 5.32 Å². The van der Waals surface area contributed by atoms with E-state index in [1.807, 2.05) is 13.0 Å². The fourth-order valence-electron chi connectivity index (χ4n) is 2.90. The first-order valence-corrected chi connectivity index (χ1v) is 7.76. The topological polar surface area (TPSA) is 37.8 Å². The van der Waals surface area contributed by atoms with Crippen LogP contribution in [0.1, 0.15) is 43.3 Å². The van der Waals surface area contributed by atoms with Crippen molar-refractivity contribution in [3.8, 4) is 0 Å². The Balaban J connectivity index is 2.02. The summed E-state index contributed by atoms with van der Waals surface area (Å²) in [5.74, 6) is 1.21. The molecule has 0 radical (unpaired) electrons. The van der Waals surface area contributed by atoms with Crippen LogP contribution in [0.25, 0.3) is 10.9 Å². The summed E-state index contributed by atoms with van der Waals surface area (Å²) >= 11 is 0. The molecule has 3 rings (SSSR count). The van der Waals surface area contributed by atoms with Gasteiger partial charge in [0.1, 0.15) is 11.6 Å². The Morgan fingerprint density at radius 2 is 1.79 bits per heavy atom. The summed E-state index contributed by atoms with van der Waals surface area (Å²) in [6.45, 7) is 5.41. The second-order valence-electron chi connectivity index (χ2n) is 5.79. The highest BCUT2D eigenvalue weighted by molar-refractivity contribution is 5.89. The summed E-state index contributed by atoms with van der Waals surface area (Å²) in [5, 5.41) is 4.04. The van der Waals surface area contributed by atoms with E-state index in [9.17, 15) is 8.78 Å². The zero-order valence-electron chi connectivity index (χ0n) is 14.8. The number of nitrogens with zero attached hydrogens (tertiary/aromatic N) is 2. The van der Waals surface area contributed by atoms with Crippen LogP contribution in [0.2, 0.25) is 0 Å². The molecular formula is C19H19F2N3. The Morgan fingerprint density at radius 1 is 1.04 bits per heavy atom. The summed E-state index contributed by atoms with van der Waals surface area (Å²) < 4.78 is 34.1. The van der Waals surface area contributed by atoms with Crippen molar-refractivity contribution in [2.24, 2.45) is 0 Å². The molecule has 0 spiro atoms. The molecule has 1 N–H and O–H groups in total. The Bertz CT molecular complexity index is 928. The number of nitrogens with one attached hydrogen (secondary N) is 1. The maximum atomic E-state index is 13.1. The van der Waals surface area contributed by atoms with Gasteiger partial charge in [-0.1, -0.05) is 30.3 Å². The second-order valence-corrected chi connectivity index (χ2v) is 5.79. The lowest BCUT2D eigenvalue weighted by atomic mass is 9.97. The van der Waals surface area contributed by atoms with E-state index in [1.54, 1.807) is 38.1 Å². The van der Waals surface area contributed by atoms with Crippen molar-refractivity contribution in [2.75, 3.05) is 5.32 Å². The Morgan fingerprint density at radius 3 is 2.54 bits per heavy atom. The molecule has 0 fully saturated rings. The van der Waals surface area contributed by atoms with E-state index in [2.05, 4.69) is 15.3 Å². The van der Waals surface area contributed by atoms with E-state index in [0.717, 1.165) is 16.5 Å². The van der Waals surface area contributed by atoms with Gasteiger partial charge in [0.05, 0.1) is 12.9 Å². The van der Waals surface area contributed by atoms with E-state index in [-0.39, 0.29) is 11.6 Å². The maximum Gasteiger partial charge on any atom is 0.264 e. The van der Waals surface area contributed by atoms with Gasteiger partial charge in [-0.2, -0.15) is 0 Å². The molecule has 1 atom stereocenters. The van der Waals surface area contributed by atoms with Crippen molar-refractivity contribution in [1.82, 2.24) is 9.97 Å². The molecule has 1 heterocycles. The Kier molecular flexibility index (Phi) is 4.07. The lowest BCUT2D eigenvalue weighted by molar-refractivity contribution is 0.150. The Labute approximate surface area is 141 Å².